The average molecular weight is 272 g/mol. The summed E-state index contributed by atoms with van der Waals surface area (Å²) in [6.45, 7) is 0. The van der Waals surface area contributed by atoms with E-state index in [0.717, 1.165) is 12.1 Å². The minimum absolute atomic E-state index is 0.0449. The molecule has 1 aromatic carbocycles. The fourth-order valence-corrected chi connectivity index (χ4v) is 1.55. The Morgan fingerprint density at radius 2 is 2.00 bits per heavy atom. The number of aromatic amines is 1. The lowest BCUT2D eigenvalue weighted by atomic mass is 10.1. The van der Waals surface area contributed by atoms with Gasteiger partial charge in [-0.15, -0.1) is 0 Å². The quantitative estimate of drug-likeness (QED) is 0.648. The van der Waals surface area contributed by atoms with E-state index in [9.17, 15) is 23.3 Å². The van der Waals surface area contributed by atoms with Gasteiger partial charge in [0.25, 0.3) is 5.69 Å². The summed E-state index contributed by atoms with van der Waals surface area (Å²) in [5.41, 5.74) is 3.89. The molecule has 0 amide bonds. The van der Waals surface area contributed by atoms with Gasteiger partial charge >= 0.3 is 6.18 Å². The second kappa shape index (κ2) is 4.26. The maximum atomic E-state index is 12.7. The predicted octanol–water partition coefficient (Wildman–Crippen LogP) is 2.59. The van der Waals surface area contributed by atoms with E-state index in [2.05, 4.69) is 10.2 Å². The largest absolute Gasteiger partial charge is 0.416 e. The molecule has 3 N–H and O–H groups in total. The normalized spacial score (nSPS) is 11.5. The molecule has 0 saturated carbocycles. The minimum atomic E-state index is -4.68. The number of anilines is 1. The van der Waals surface area contributed by atoms with Gasteiger partial charge in [0.1, 0.15) is 0 Å². The van der Waals surface area contributed by atoms with Crippen molar-refractivity contribution in [1.82, 2.24) is 10.2 Å². The van der Waals surface area contributed by atoms with E-state index >= 15 is 0 Å². The van der Waals surface area contributed by atoms with Crippen LogP contribution in [0.25, 0.3) is 11.3 Å². The van der Waals surface area contributed by atoms with Gasteiger partial charge in [0.2, 0.25) is 0 Å². The molecule has 1 heterocycles. The number of nitrogens with two attached hydrogens (primary N) is 1. The maximum Gasteiger partial charge on any atom is 0.416 e. The van der Waals surface area contributed by atoms with Crippen LogP contribution in [-0.2, 0) is 6.18 Å². The zero-order valence-corrected chi connectivity index (χ0v) is 9.23. The topological polar surface area (TPSA) is 97.8 Å². The monoisotopic (exact) mass is 272 g/mol. The number of nitrogens with zero attached hydrogens (tertiary/aromatic N) is 2. The molecular weight excluding hydrogens is 265 g/mol. The standard InChI is InChI=1S/C10H7F3N4O2/c11-10(12,13)6-1-5(2-7(3-6)17(18)19)9-8(14)4-15-16-9/h1-4H,14H2,(H,15,16). The number of nitrogens with one attached hydrogen (secondary N) is 1. The highest BCUT2D eigenvalue weighted by Gasteiger charge is 2.33. The van der Waals surface area contributed by atoms with Crippen molar-refractivity contribution in [3.05, 3.63) is 40.1 Å². The lowest BCUT2D eigenvalue weighted by Crippen LogP contribution is -2.06. The van der Waals surface area contributed by atoms with Crippen LogP contribution in [0.4, 0.5) is 24.5 Å². The highest BCUT2D eigenvalue weighted by Crippen LogP contribution is 2.36. The van der Waals surface area contributed by atoms with E-state index in [0.29, 0.717) is 6.07 Å². The summed E-state index contributed by atoms with van der Waals surface area (Å²) < 4.78 is 38.0. The number of aromatic nitrogens is 2. The van der Waals surface area contributed by atoms with Crippen LogP contribution in [0.1, 0.15) is 5.56 Å². The lowest BCUT2D eigenvalue weighted by Gasteiger charge is -2.08. The molecule has 19 heavy (non-hydrogen) atoms. The van der Waals surface area contributed by atoms with Gasteiger partial charge < -0.3 is 5.73 Å². The molecule has 0 aliphatic rings. The van der Waals surface area contributed by atoms with E-state index in [1.165, 1.54) is 6.20 Å². The van der Waals surface area contributed by atoms with Crippen molar-refractivity contribution in [2.45, 2.75) is 6.18 Å². The molecule has 0 unspecified atom stereocenters. The Labute approximate surface area is 104 Å². The van der Waals surface area contributed by atoms with Crippen LogP contribution in [0.5, 0.6) is 0 Å². The lowest BCUT2D eigenvalue weighted by molar-refractivity contribution is -0.385. The van der Waals surface area contributed by atoms with Crippen molar-refractivity contribution >= 4 is 11.4 Å². The molecule has 0 aliphatic heterocycles. The van der Waals surface area contributed by atoms with Crippen LogP contribution < -0.4 is 5.73 Å². The van der Waals surface area contributed by atoms with E-state index in [1.54, 1.807) is 0 Å². The molecule has 0 spiro atoms. The molecule has 0 saturated heterocycles. The smallest absolute Gasteiger partial charge is 0.396 e. The second-order valence-corrected chi connectivity index (χ2v) is 3.72. The maximum absolute atomic E-state index is 12.7. The van der Waals surface area contributed by atoms with E-state index < -0.39 is 22.4 Å². The minimum Gasteiger partial charge on any atom is -0.396 e. The highest BCUT2D eigenvalue weighted by atomic mass is 19.4. The summed E-state index contributed by atoms with van der Waals surface area (Å²) in [6.07, 6.45) is -3.48. The van der Waals surface area contributed by atoms with E-state index in [1.807, 2.05) is 0 Å². The van der Waals surface area contributed by atoms with Crippen LogP contribution in [0.3, 0.4) is 0 Å². The first kappa shape index (κ1) is 12.9. The Balaban J connectivity index is 2.65. The summed E-state index contributed by atoms with van der Waals surface area (Å²) in [4.78, 5) is 9.77. The number of halogens is 3. The molecule has 2 rings (SSSR count). The van der Waals surface area contributed by atoms with Gasteiger partial charge in [-0.3, -0.25) is 15.2 Å². The molecule has 9 heteroatoms. The third-order valence-electron chi connectivity index (χ3n) is 2.41. The van der Waals surface area contributed by atoms with Crippen molar-refractivity contribution in [1.29, 1.82) is 0 Å². The summed E-state index contributed by atoms with van der Waals surface area (Å²) in [5, 5.41) is 16.6. The van der Waals surface area contributed by atoms with Gasteiger partial charge in [-0.1, -0.05) is 0 Å². The summed E-state index contributed by atoms with van der Waals surface area (Å²) in [7, 11) is 0. The van der Waals surface area contributed by atoms with Crippen LogP contribution in [0.15, 0.2) is 24.4 Å². The molecule has 1 aromatic heterocycles. The number of hydrogen-bond acceptors (Lipinski definition) is 4. The van der Waals surface area contributed by atoms with Crippen LogP contribution in [0, 0.1) is 10.1 Å². The Hall–Kier alpha value is -2.58. The highest BCUT2D eigenvalue weighted by molar-refractivity contribution is 5.74. The summed E-state index contributed by atoms with van der Waals surface area (Å²) in [5.74, 6) is 0. The van der Waals surface area contributed by atoms with Gasteiger partial charge in [-0.25, -0.2) is 0 Å². The van der Waals surface area contributed by atoms with Gasteiger partial charge in [-0.05, 0) is 6.07 Å². The number of nitro benzene ring substituents is 1. The molecular formula is C10H7F3N4O2. The zero-order valence-electron chi connectivity index (χ0n) is 9.23. The molecule has 0 aliphatic carbocycles. The first-order valence-electron chi connectivity index (χ1n) is 4.95. The van der Waals surface area contributed by atoms with E-state index in [-0.39, 0.29) is 16.9 Å². The van der Waals surface area contributed by atoms with Gasteiger partial charge in [0, 0.05) is 17.7 Å². The molecule has 100 valence electrons. The number of alkyl halides is 3. The fourth-order valence-electron chi connectivity index (χ4n) is 1.55. The van der Waals surface area contributed by atoms with Crippen LogP contribution >= 0.6 is 0 Å². The fraction of sp³-hybridized carbons (Fsp3) is 0.100. The van der Waals surface area contributed by atoms with Crippen molar-refractivity contribution in [3.63, 3.8) is 0 Å². The first-order chi connectivity index (χ1) is 8.79. The van der Waals surface area contributed by atoms with Crippen molar-refractivity contribution in [3.8, 4) is 11.3 Å². The number of hydrogen-bond donors (Lipinski definition) is 2. The van der Waals surface area contributed by atoms with Gasteiger partial charge in [0.15, 0.2) is 0 Å². The Morgan fingerprint density at radius 1 is 1.32 bits per heavy atom. The Kier molecular flexibility index (Phi) is 2.89. The summed E-state index contributed by atoms with van der Waals surface area (Å²) >= 11 is 0. The van der Waals surface area contributed by atoms with Gasteiger partial charge in [0.05, 0.1) is 28.1 Å². The van der Waals surface area contributed by atoms with E-state index in [4.69, 9.17) is 5.73 Å². The van der Waals surface area contributed by atoms with Crippen LogP contribution in [-0.4, -0.2) is 15.1 Å². The Morgan fingerprint density at radius 3 is 2.47 bits per heavy atom. The second-order valence-electron chi connectivity index (χ2n) is 3.72. The van der Waals surface area contributed by atoms with Crippen molar-refractivity contribution < 1.29 is 18.1 Å². The molecule has 0 fully saturated rings. The zero-order chi connectivity index (χ0) is 14.2. The summed E-state index contributed by atoms with van der Waals surface area (Å²) in [6, 6.07) is 2.24. The number of benzene rings is 1. The number of H-pyrrole nitrogens is 1. The number of nitro groups is 1. The van der Waals surface area contributed by atoms with Crippen LogP contribution in [0.2, 0.25) is 0 Å². The predicted molar refractivity (Wildman–Crippen MR) is 60.1 cm³/mol. The van der Waals surface area contributed by atoms with Crippen molar-refractivity contribution in [2.75, 3.05) is 5.73 Å². The SMILES string of the molecule is Nc1cn[nH]c1-c1cc([N+](=O)[O-])cc(C(F)(F)F)c1. The number of nitrogen functional groups attached to an aromatic ring is 1. The third kappa shape index (κ3) is 2.49. The van der Waals surface area contributed by atoms with Gasteiger partial charge in [-0.2, -0.15) is 18.3 Å². The average Bonchev–Trinajstić information content (AvgIpc) is 2.73. The first-order valence-corrected chi connectivity index (χ1v) is 4.95. The molecule has 6 nitrogen and oxygen atoms in total. The molecule has 0 bridgehead atoms. The molecule has 0 radical (unpaired) electrons. The van der Waals surface area contributed by atoms with Crippen molar-refractivity contribution in [2.24, 2.45) is 0 Å². The molecule has 0 atom stereocenters. The number of rotatable bonds is 2. The third-order valence-corrected chi connectivity index (χ3v) is 2.41. The molecule has 2 aromatic rings. The Bertz CT molecular complexity index is 636. The number of non-ortho nitro benzene ring substituents is 1.